The molecule has 0 aliphatic heterocycles. The van der Waals surface area contributed by atoms with E-state index in [-0.39, 0.29) is 0 Å². The third-order valence-electron chi connectivity index (χ3n) is 3.67. The first-order valence-electron chi connectivity index (χ1n) is 6.94. The van der Waals surface area contributed by atoms with Crippen LogP contribution < -0.4 is 0 Å². The SMILES string of the molecule is CCc1ccc(C(O)Cn2cnc3ccccc32)cc1. The first-order valence-corrected chi connectivity index (χ1v) is 6.94. The van der Waals surface area contributed by atoms with Crippen LogP contribution in [-0.4, -0.2) is 14.7 Å². The van der Waals surface area contributed by atoms with Crippen molar-refractivity contribution in [1.82, 2.24) is 9.55 Å². The van der Waals surface area contributed by atoms with E-state index in [0.717, 1.165) is 23.0 Å². The van der Waals surface area contributed by atoms with Crippen molar-refractivity contribution in [2.24, 2.45) is 0 Å². The van der Waals surface area contributed by atoms with Crippen LogP contribution in [0.4, 0.5) is 0 Å². The third kappa shape index (κ3) is 2.45. The molecule has 0 bridgehead atoms. The van der Waals surface area contributed by atoms with E-state index in [1.165, 1.54) is 5.56 Å². The smallest absolute Gasteiger partial charge is 0.0969 e. The van der Waals surface area contributed by atoms with Crippen LogP contribution in [0.3, 0.4) is 0 Å². The van der Waals surface area contributed by atoms with Gasteiger partial charge in [-0.2, -0.15) is 0 Å². The summed E-state index contributed by atoms with van der Waals surface area (Å²) in [5, 5.41) is 10.4. The van der Waals surface area contributed by atoms with E-state index in [1.54, 1.807) is 6.33 Å². The summed E-state index contributed by atoms with van der Waals surface area (Å²) in [7, 11) is 0. The van der Waals surface area contributed by atoms with Crippen LogP contribution in [0.25, 0.3) is 11.0 Å². The number of aromatic nitrogens is 2. The fourth-order valence-corrected chi connectivity index (χ4v) is 2.42. The lowest BCUT2D eigenvalue weighted by Gasteiger charge is -2.13. The van der Waals surface area contributed by atoms with Crippen LogP contribution in [0, 0.1) is 0 Å². The average molecular weight is 266 g/mol. The fourth-order valence-electron chi connectivity index (χ4n) is 2.42. The lowest BCUT2D eigenvalue weighted by Crippen LogP contribution is -2.07. The summed E-state index contributed by atoms with van der Waals surface area (Å²) in [5.74, 6) is 0. The second kappa shape index (κ2) is 5.47. The molecule has 2 aromatic carbocycles. The molecule has 0 radical (unpaired) electrons. The highest BCUT2D eigenvalue weighted by Crippen LogP contribution is 2.19. The van der Waals surface area contributed by atoms with Crippen molar-refractivity contribution in [2.45, 2.75) is 26.0 Å². The summed E-state index contributed by atoms with van der Waals surface area (Å²) in [6, 6.07) is 16.1. The van der Waals surface area contributed by atoms with E-state index in [2.05, 4.69) is 24.0 Å². The van der Waals surface area contributed by atoms with Gasteiger partial charge in [-0.3, -0.25) is 0 Å². The molecule has 3 heteroatoms. The molecule has 0 spiro atoms. The number of hydrogen-bond acceptors (Lipinski definition) is 2. The van der Waals surface area contributed by atoms with Gasteiger partial charge >= 0.3 is 0 Å². The Hall–Kier alpha value is -2.13. The number of para-hydroxylation sites is 2. The van der Waals surface area contributed by atoms with Crippen molar-refractivity contribution in [2.75, 3.05) is 0 Å². The Bertz CT molecular complexity index is 700. The minimum absolute atomic E-state index is 0.515. The Balaban J connectivity index is 1.82. The summed E-state index contributed by atoms with van der Waals surface area (Å²) < 4.78 is 1.99. The van der Waals surface area contributed by atoms with Gasteiger partial charge in [-0.1, -0.05) is 43.3 Å². The molecule has 1 N–H and O–H groups in total. The predicted molar refractivity (Wildman–Crippen MR) is 80.5 cm³/mol. The zero-order valence-corrected chi connectivity index (χ0v) is 11.5. The monoisotopic (exact) mass is 266 g/mol. The van der Waals surface area contributed by atoms with E-state index in [0.29, 0.717) is 6.54 Å². The van der Waals surface area contributed by atoms with Gasteiger partial charge in [-0.05, 0) is 29.7 Å². The number of aliphatic hydroxyl groups is 1. The Morgan fingerprint density at radius 1 is 1.10 bits per heavy atom. The van der Waals surface area contributed by atoms with Gasteiger partial charge in [0.05, 0.1) is 30.0 Å². The molecule has 0 fully saturated rings. The van der Waals surface area contributed by atoms with Crippen LogP contribution in [0.2, 0.25) is 0 Å². The second-order valence-corrected chi connectivity index (χ2v) is 5.00. The topological polar surface area (TPSA) is 38.0 Å². The number of benzene rings is 2. The normalized spacial score (nSPS) is 12.7. The molecule has 0 saturated carbocycles. The van der Waals surface area contributed by atoms with Crippen molar-refractivity contribution in [3.05, 3.63) is 66.0 Å². The molecule has 3 nitrogen and oxygen atoms in total. The number of aryl methyl sites for hydroxylation is 1. The summed E-state index contributed by atoms with van der Waals surface area (Å²) in [4.78, 5) is 4.34. The number of rotatable bonds is 4. The second-order valence-electron chi connectivity index (χ2n) is 5.00. The van der Waals surface area contributed by atoms with E-state index >= 15 is 0 Å². The zero-order chi connectivity index (χ0) is 13.9. The standard InChI is InChI=1S/C17H18N2O/c1-2-13-7-9-14(10-8-13)17(20)11-19-12-18-15-5-3-4-6-16(15)19/h3-10,12,17,20H,2,11H2,1H3. The fraction of sp³-hybridized carbons (Fsp3) is 0.235. The maximum absolute atomic E-state index is 10.4. The molecule has 0 aliphatic carbocycles. The summed E-state index contributed by atoms with van der Waals surface area (Å²) in [6.07, 6.45) is 2.29. The lowest BCUT2D eigenvalue weighted by molar-refractivity contribution is 0.158. The molecule has 1 unspecified atom stereocenters. The van der Waals surface area contributed by atoms with Gasteiger partial charge in [0.2, 0.25) is 0 Å². The van der Waals surface area contributed by atoms with Crippen LogP contribution in [0.1, 0.15) is 24.2 Å². The van der Waals surface area contributed by atoms with Gasteiger partial charge in [-0.25, -0.2) is 4.98 Å². The highest BCUT2D eigenvalue weighted by molar-refractivity contribution is 5.74. The Morgan fingerprint density at radius 2 is 1.85 bits per heavy atom. The molecule has 3 rings (SSSR count). The largest absolute Gasteiger partial charge is 0.387 e. The maximum Gasteiger partial charge on any atom is 0.0969 e. The highest BCUT2D eigenvalue weighted by Gasteiger charge is 2.10. The zero-order valence-electron chi connectivity index (χ0n) is 11.5. The minimum atomic E-state index is -0.515. The van der Waals surface area contributed by atoms with Crippen molar-refractivity contribution < 1.29 is 5.11 Å². The molecule has 1 heterocycles. The molecular formula is C17H18N2O. The van der Waals surface area contributed by atoms with Gasteiger partial charge in [0.25, 0.3) is 0 Å². The van der Waals surface area contributed by atoms with Gasteiger partial charge in [0.1, 0.15) is 0 Å². The molecular weight excluding hydrogens is 248 g/mol. The predicted octanol–water partition coefficient (Wildman–Crippen LogP) is 3.33. The molecule has 3 aromatic rings. The number of fused-ring (bicyclic) bond motifs is 1. The molecule has 1 atom stereocenters. The highest BCUT2D eigenvalue weighted by atomic mass is 16.3. The first kappa shape index (κ1) is 12.9. The van der Waals surface area contributed by atoms with E-state index in [4.69, 9.17) is 0 Å². The molecule has 0 aliphatic rings. The average Bonchev–Trinajstić information content (AvgIpc) is 2.91. The minimum Gasteiger partial charge on any atom is -0.387 e. The Morgan fingerprint density at radius 3 is 2.60 bits per heavy atom. The van der Waals surface area contributed by atoms with Crippen LogP contribution in [-0.2, 0) is 13.0 Å². The number of aliphatic hydroxyl groups excluding tert-OH is 1. The Labute approximate surface area is 118 Å². The molecule has 20 heavy (non-hydrogen) atoms. The first-order chi connectivity index (χ1) is 9.78. The molecule has 0 saturated heterocycles. The van der Waals surface area contributed by atoms with Gasteiger partial charge in [0.15, 0.2) is 0 Å². The van der Waals surface area contributed by atoms with Gasteiger partial charge in [0, 0.05) is 0 Å². The third-order valence-corrected chi connectivity index (χ3v) is 3.67. The van der Waals surface area contributed by atoms with Crippen molar-refractivity contribution in [3.8, 4) is 0 Å². The molecule has 1 aromatic heterocycles. The maximum atomic E-state index is 10.4. The van der Waals surface area contributed by atoms with E-state index < -0.39 is 6.10 Å². The van der Waals surface area contributed by atoms with Crippen molar-refractivity contribution in [3.63, 3.8) is 0 Å². The molecule has 0 amide bonds. The van der Waals surface area contributed by atoms with Crippen LogP contribution >= 0.6 is 0 Å². The quantitative estimate of drug-likeness (QED) is 0.786. The number of hydrogen-bond donors (Lipinski definition) is 1. The lowest BCUT2D eigenvalue weighted by atomic mass is 10.1. The van der Waals surface area contributed by atoms with Crippen LogP contribution in [0.5, 0.6) is 0 Å². The van der Waals surface area contributed by atoms with Gasteiger partial charge in [-0.15, -0.1) is 0 Å². The summed E-state index contributed by atoms with van der Waals surface area (Å²) in [5.41, 5.74) is 4.24. The van der Waals surface area contributed by atoms with Crippen molar-refractivity contribution in [1.29, 1.82) is 0 Å². The summed E-state index contributed by atoms with van der Waals surface area (Å²) >= 11 is 0. The van der Waals surface area contributed by atoms with Gasteiger partial charge < -0.3 is 9.67 Å². The Kier molecular flexibility index (Phi) is 3.52. The summed E-state index contributed by atoms with van der Waals surface area (Å²) in [6.45, 7) is 2.65. The number of imidazole rings is 1. The molecule has 102 valence electrons. The van der Waals surface area contributed by atoms with E-state index in [1.807, 2.05) is 41.0 Å². The van der Waals surface area contributed by atoms with Crippen molar-refractivity contribution >= 4 is 11.0 Å². The van der Waals surface area contributed by atoms with Crippen LogP contribution in [0.15, 0.2) is 54.9 Å². The van der Waals surface area contributed by atoms with E-state index in [9.17, 15) is 5.11 Å². The number of nitrogens with zero attached hydrogens (tertiary/aromatic N) is 2.